The highest BCUT2D eigenvalue weighted by Crippen LogP contribution is 2.20. The molecule has 2 rings (SSSR count). The molecule has 126 valence electrons. The van der Waals surface area contributed by atoms with Gasteiger partial charge in [0, 0.05) is 18.7 Å². The Hall–Kier alpha value is -1.91. The smallest absolute Gasteiger partial charge is 0.309 e. The minimum Gasteiger partial charge on any atom is -0.465 e. The second kappa shape index (κ2) is 8.65. The third-order valence-electron chi connectivity index (χ3n) is 4.20. The van der Waals surface area contributed by atoms with Crippen LogP contribution in [0.4, 0.5) is 4.39 Å². The molecule has 1 saturated heterocycles. The summed E-state index contributed by atoms with van der Waals surface area (Å²) < 4.78 is 18.2. The molecule has 23 heavy (non-hydrogen) atoms. The third-order valence-corrected chi connectivity index (χ3v) is 4.20. The fourth-order valence-corrected chi connectivity index (χ4v) is 2.74. The number of benzene rings is 1. The average Bonchev–Trinajstić information content (AvgIpc) is 2.59. The van der Waals surface area contributed by atoms with E-state index in [1.54, 1.807) is 4.90 Å². The molecule has 1 heterocycles. The van der Waals surface area contributed by atoms with Crippen LogP contribution in [0.1, 0.15) is 49.4 Å². The molecule has 0 saturated carbocycles. The second-order valence-electron chi connectivity index (χ2n) is 5.95. The first kappa shape index (κ1) is 17.4. The van der Waals surface area contributed by atoms with E-state index >= 15 is 0 Å². The maximum absolute atomic E-state index is 12.9. The first-order chi connectivity index (χ1) is 11.1. The zero-order valence-corrected chi connectivity index (χ0v) is 13.6. The summed E-state index contributed by atoms with van der Waals surface area (Å²) in [5.74, 6) is -0.727. The number of likely N-dealkylation sites (tertiary alicyclic amines) is 1. The van der Waals surface area contributed by atoms with Crippen LogP contribution in [0, 0.1) is 11.7 Å². The van der Waals surface area contributed by atoms with E-state index in [2.05, 4.69) is 6.92 Å². The van der Waals surface area contributed by atoms with Gasteiger partial charge in [-0.3, -0.25) is 9.59 Å². The van der Waals surface area contributed by atoms with Gasteiger partial charge in [0.05, 0.1) is 12.5 Å². The Morgan fingerprint density at radius 1 is 1.17 bits per heavy atom. The molecule has 0 bridgehead atoms. The molecule has 0 N–H and O–H groups in total. The van der Waals surface area contributed by atoms with Crippen molar-refractivity contribution < 1.29 is 18.7 Å². The number of nitrogens with zero attached hydrogens (tertiary/aromatic N) is 1. The summed E-state index contributed by atoms with van der Waals surface area (Å²) >= 11 is 0. The summed E-state index contributed by atoms with van der Waals surface area (Å²) in [5, 5.41) is 0. The molecule has 1 aliphatic rings. The van der Waals surface area contributed by atoms with E-state index in [4.69, 9.17) is 4.74 Å². The monoisotopic (exact) mass is 321 g/mol. The average molecular weight is 321 g/mol. The van der Waals surface area contributed by atoms with Gasteiger partial charge < -0.3 is 9.64 Å². The third kappa shape index (κ3) is 5.05. The predicted molar refractivity (Wildman–Crippen MR) is 85.5 cm³/mol. The Morgan fingerprint density at radius 3 is 2.43 bits per heavy atom. The van der Waals surface area contributed by atoms with Gasteiger partial charge in [-0.2, -0.15) is 0 Å². The summed E-state index contributed by atoms with van der Waals surface area (Å²) in [4.78, 5) is 26.0. The fourth-order valence-electron chi connectivity index (χ4n) is 2.74. The van der Waals surface area contributed by atoms with Crippen molar-refractivity contribution in [3.63, 3.8) is 0 Å². The number of hydrogen-bond donors (Lipinski definition) is 0. The van der Waals surface area contributed by atoms with Gasteiger partial charge in [-0.25, -0.2) is 4.39 Å². The van der Waals surface area contributed by atoms with Crippen LogP contribution in [0.3, 0.4) is 0 Å². The van der Waals surface area contributed by atoms with Crippen LogP contribution in [0.15, 0.2) is 24.3 Å². The van der Waals surface area contributed by atoms with E-state index in [9.17, 15) is 14.0 Å². The molecule has 1 fully saturated rings. The van der Waals surface area contributed by atoms with Crippen LogP contribution in [0.25, 0.3) is 0 Å². The molecule has 1 aliphatic heterocycles. The van der Waals surface area contributed by atoms with E-state index < -0.39 is 0 Å². The number of halogens is 1. The fraction of sp³-hybridized carbons (Fsp3) is 0.556. The second-order valence-corrected chi connectivity index (χ2v) is 5.95. The van der Waals surface area contributed by atoms with Crippen LogP contribution in [-0.2, 0) is 9.53 Å². The number of carbonyl (C=O) groups excluding carboxylic acids is 2. The van der Waals surface area contributed by atoms with Gasteiger partial charge >= 0.3 is 5.97 Å². The van der Waals surface area contributed by atoms with Crippen molar-refractivity contribution in [1.82, 2.24) is 4.90 Å². The van der Waals surface area contributed by atoms with Crippen LogP contribution < -0.4 is 0 Å². The minimum absolute atomic E-state index is 0.111. The zero-order valence-electron chi connectivity index (χ0n) is 13.6. The summed E-state index contributed by atoms with van der Waals surface area (Å²) in [6.07, 6.45) is 4.32. The highest BCUT2D eigenvalue weighted by atomic mass is 19.1. The summed E-state index contributed by atoms with van der Waals surface area (Å²) in [5.41, 5.74) is 0.479. The molecular weight excluding hydrogens is 297 g/mol. The van der Waals surface area contributed by atoms with E-state index in [1.165, 1.54) is 24.3 Å². The van der Waals surface area contributed by atoms with Crippen molar-refractivity contribution in [2.24, 2.45) is 5.92 Å². The van der Waals surface area contributed by atoms with Gasteiger partial charge in [-0.1, -0.05) is 19.8 Å². The normalized spacial score (nSPS) is 15.5. The zero-order chi connectivity index (χ0) is 16.7. The van der Waals surface area contributed by atoms with Crippen molar-refractivity contribution >= 4 is 11.9 Å². The maximum atomic E-state index is 12.9. The number of unbranched alkanes of at least 4 members (excludes halogenated alkanes) is 2. The van der Waals surface area contributed by atoms with E-state index in [0.717, 1.165) is 19.3 Å². The Bertz CT molecular complexity index is 522. The Morgan fingerprint density at radius 2 is 1.83 bits per heavy atom. The van der Waals surface area contributed by atoms with Crippen LogP contribution in [0.5, 0.6) is 0 Å². The SMILES string of the molecule is CCCCCOC(=O)C1CCN(C(=O)c2ccc(F)cc2)CC1. The van der Waals surface area contributed by atoms with Crippen molar-refractivity contribution in [2.75, 3.05) is 19.7 Å². The Kier molecular flexibility index (Phi) is 6.56. The van der Waals surface area contributed by atoms with Crippen LogP contribution >= 0.6 is 0 Å². The molecule has 0 spiro atoms. The first-order valence-corrected chi connectivity index (χ1v) is 8.33. The molecule has 4 nitrogen and oxygen atoms in total. The van der Waals surface area contributed by atoms with Gasteiger partial charge in [0.2, 0.25) is 0 Å². The van der Waals surface area contributed by atoms with E-state index in [0.29, 0.717) is 38.1 Å². The summed E-state index contributed by atoms with van der Waals surface area (Å²) in [7, 11) is 0. The molecule has 0 unspecified atom stereocenters. The molecule has 5 heteroatoms. The van der Waals surface area contributed by atoms with Crippen molar-refractivity contribution in [3.05, 3.63) is 35.6 Å². The van der Waals surface area contributed by atoms with Crippen LogP contribution in [-0.4, -0.2) is 36.5 Å². The molecule has 0 radical (unpaired) electrons. The summed E-state index contributed by atoms with van der Waals surface area (Å²) in [6, 6.07) is 5.55. The molecule has 0 aliphatic carbocycles. The molecule has 1 amide bonds. The number of rotatable bonds is 6. The maximum Gasteiger partial charge on any atom is 0.309 e. The number of ether oxygens (including phenoxy) is 1. The number of carbonyl (C=O) groups is 2. The Labute approximate surface area is 136 Å². The molecular formula is C18H24FNO3. The largest absolute Gasteiger partial charge is 0.465 e. The number of hydrogen-bond acceptors (Lipinski definition) is 3. The standard InChI is InChI=1S/C18H24FNO3/c1-2-3-4-13-23-18(22)15-9-11-20(12-10-15)17(21)14-5-7-16(19)8-6-14/h5-8,15H,2-4,9-13H2,1H3. The quantitative estimate of drug-likeness (QED) is 0.596. The van der Waals surface area contributed by atoms with E-state index in [1.807, 2.05) is 0 Å². The molecule has 0 aromatic heterocycles. The lowest BCUT2D eigenvalue weighted by Gasteiger charge is -2.31. The highest BCUT2D eigenvalue weighted by Gasteiger charge is 2.28. The van der Waals surface area contributed by atoms with Crippen molar-refractivity contribution in [1.29, 1.82) is 0 Å². The predicted octanol–water partition coefficient (Wildman–Crippen LogP) is 3.41. The van der Waals surface area contributed by atoms with Gasteiger partial charge in [0.15, 0.2) is 0 Å². The van der Waals surface area contributed by atoms with Crippen LogP contribution in [0.2, 0.25) is 0 Å². The number of amides is 1. The van der Waals surface area contributed by atoms with Crippen molar-refractivity contribution in [2.45, 2.75) is 39.0 Å². The minimum atomic E-state index is -0.355. The van der Waals surface area contributed by atoms with Gasteiger partial charge in [-0.05, 0) is 43.5 Å². The Balaban J connectivity index is 1.78. The van der Waals surface area contributed by atoms with Gasteiger partial charge in [0.1, 0.15) is 5.82 Å². The van der Waals surface area contributed by atoms with E-state index in [-0.39, 0.29) is 23.6 Å². The number of piperidine rings is 1. The lowest BCUT2D eigenvalue weighted by atomic mass is 9.96. The first-order valence-electron chi connectivity index (χ1n) is 8.33. The molecule has 1 aromatic carbocycles. The van der Waals surface area contributed by atoms with Crippen molar-refractivity contribution in [3.8, 4) is 0 Å². The summed E-state index contributed by atoms with van der Waals surface area (Å²) in [6.45, 7) is 3.66. The topological polar surface area (TPSA) is 46.6 Å². The lowest BCUT2D eigenvalue weighted by molar-refractivity contribution is -0.150. The number of esters is 1. The highest BCUT2D eigenvalue weighted by molar-refractivity contribution is 5.94. The molecule has 1 aromatic rings. The lowest BCUT2D eigenvalue weighted by Crippen LogP contribution is -2.40. The van der Waals surface area contributed by atoms with Gasteiger partial charge in [0.25, 0.3) is 5.91 Å². The van der Waals surface area contributed by atoms with Gasteiger partial charge in [-0.15, -0.1) is 0 Å². The molecule has 0 atom stereocenters.